The molecule has 0 saturated carbocycles. The number of ether oxygens (including phenoxy) is 2. The first-order chi connectivity index (χ1) is 14.0. The van der Waals surface area contributed by atoms with Gasteiger partial charge in [-0.1, -0.05) is 30.3 Å². The standard InChI is InChI=1S/C21H21N3O4S/c1-27-21-13-17(7-12-20(21)28-15-16-5-3-2-4-6-16)14-23-24-18-8-10-19(11-9-18)29(22,25)26/h2-14,24H,15H2,1H3,(H2,22,25,26). The lowest BCUT2D eigenvalue weighted by molar-refractivity contribution is 0.284. The van der Waals surface area contributed by atoms with Crippen molar-refractivity contribution in [1.82, 2.24) is 0 Å². The van der Waals surface area contributed by atoms with Gasteiger partial charge >= 0.3 is 0 Å². The van der Waals surface area contributed by atoms with Crippen molar-refractivity contribution >= 4 is 21.9 Å². The molecule has 0 aliphatic rings. The van der Waals surface area contributed by atoms with Crippen molar-refractivity contribution in [2.45, 2.75) is 11.5 Å². The van der Waals surface area contributed by atoms with Crippen LogP contribution in [0, 0.1) is 0 Å². The summed E-state index contributed by atoms with van der Waals surface area (Å²) in [6, 6.07) is 21.4. The third kappa shape index (κ3) is 5.81. The minimum absolute atomic E-state index is 0.0443. The monoisotopic (exact) mass is 411 g/mol. The maximum absolute atomic E-state index is 11.3. The fraction of sp³-hybridized carbons (Fsp3) is 0.0952. The number of primary sulfonamides is 1. The summed E-state index contributed by atoms with van der Waals surface area (Å²) in [5.41, 5.74) is 5.34. The summed E-state index contributed by atoms with van der Waals surface area (Å²) < 4.78 is 33.8. The maximum atomic E-state index is 11.3. The van der Waals surface area contributed by atoms with Gasteiger partial charge < -0.3 is 9.47 Å². The van der Waals surface area contributed by atoms with E-state index in [1.54, 1.807) is 25.5 Å². The van der Waals surface area contributed by atoms with Crippen LogP contribution in [0.1, 0.15) is 11.1 Å². The van der Waals surface area contributed by atoms with Crippen molar-refractivity contribution in [2.75, 3.05) is 12.5 Å². The number of benzene rings is 3. The van der Waals surface area contributed by atoms with E-state index >= 15 is 0 Å². The molecule has 0 aliphatic carbocycles. The number of hydrazone groups is 1. The minimum atomic E-state index is -3.71. The second-order valence-electron chi connectivity index (χ2n) is 6.12. The lowest BCUT2D eigenvalue weighted by Gasteiger charge is -2.11. The molecule has 3 N–H and O–H groups in total. The van der Waals surface area contributed by atoms with E-state index in [1.165, 1.54) is 12.1 Å². The summed E-state index contributed by atoms with van der Waals surface area (Å²) in [6.45, 7) is 0.445. The van der Waals surface area contributed by atoms with Gasteiger partial charge in [-0.2, -0.15) is 5.10 Å². The van der Waals surface area contributed by atoms with E-state index in [9.17, 15) is 8.42 Å². The molecule has 3 rings (SSSR count). The fourth-order valence-electron chi connectivity index (χ4n) is 2.52. The summed E-state index contributed by atoms with van der Waals surface area (Å²) in [5, 5.41) is 9.23. The molecule has 8 heteroatoms. The van der Waals surface area contributed by atoms with Crippen molar-refractivity contribution < 1.29 is 17.9 Å². The van der Waals surface area contributed by atoms with Crippen molar-refractivity contribution in [1.29, 1.82) is 0 Å². The highest BCUT2D eigenvalue weighted by atomic mass is 32.2. The molecule has 0 unspecified atom stereocenters. The molecule has 0 heterocycles. The Hall–Kier alpha value is -3.36. The van der Waals surface area contributed by atoms with E-state index in [1.807, 2.05) is 48.5 Å². The van der Waals surface area contributed by atoms with E-state index < -0.39 is 10.0 Å². The van der Waals surface area contributed by atoms with Gasteiger partial charge in [0.05, 0.1) is 23.9 Å². The first kappa shape index (κ1) is 20.4. The van der Waals surface area contributed by atoms with Crippen molar-refractivity contribution in [3.8, 4) is 11.5 Å². The molecule has 0 atom stereocenters. The number of methoxy groups -OCH3 is 1. The highest BCUT2D eigenvalue weighted by Crippen LogP contribution is 2.28. The van der Waals surface area contributed by atoms with Crippen LogP contribution in [0.3, 0.4) is 0 Å². The SMILES string of the molecule is COc1cc(C=NNc2ccc(S(N)(=O)=O)cc2)ccc1OCc1ccccc1. The van der Waals surface area contributed by atoms with Crippen LogP contribution in [-0.2, 0) is 16.6 Å². The second-order valence-corrected chi connectivity index (χ2v) is 7.69. The van der Waals surface area contributed by atoms with Crippen LogP contribution in [0.4, 0.5) is 5.69 Å². The molecule has 0 fully saturated rings. The molecule has 0 saturated heterocycles. The highest BCUT2D eigenvalue weighted by molar-refractivity contribution is 7.89. The molecule has 150 valence electrons. The van der Waals surface area contributed by atoms with Gasteiger partial charge in [0, 0.05) is 0 Å². The average molecular weight is 411 g/mol. The van der Waals surface area contributed by atoms with Gasteiger partial charge in [0.15, 0.2) is 11.5 Å². The fourth-order valence-corrected chi connectivity index (χ4v) is 3.03. The number of rotatable bonds is 8. The van der Waals surface area contributed by atoms with Crippen molar-refractivity contribution in [3.05, 3.63) is 83.9 Å². The molecule has 0 radical (unpaired) electrons. The van der Waals surface area contributed by atoms with Gasteiger partial charge in [0.1, 0.15) is 6.61 Å². The van der Waals surface area contributed by atoms with Crippen molar-refractivity contribution in [2.24, 2.45) is 10.2 Å². The zero-order valence-electron chi connectivity index (χ0n) is 15.8. The number of nitrogens with zero attached hydrogens (tertiary/aromatic N) is 1. The van der Waals surface area contributed by atoms with E-state index in [0.717, 1.165) is 11.1 Å². The Morgan fingerprint density at radius 3 is 2.38 bits per heavy atom. The summed E-state index contributed by atoms with van der Waals surface area (Å²) in [5.74, 6) is 1.24. The Bertz CT molecular complexity index is 1080. The van der Waals surface area contributed by atoms with E-state index in [-0.39, 0.29) is 4.90 Å². The van der Waals surface area contributed by atoms with Gasteiger partial charge in [-0.05, 0) is 53.6 Å². The van der Waals surface area contributed by atoms with E-state index in [2.05, 4.69) is 10.5 Å². The smallest absolute Gasteiger partial charge is 0.238 e. The Kier molecular flexibility index (Phi) is 6.48. The van der Waals surface area contributed by atoms with Crippen LogP contribution in [0.2, 0.25) is 0 Å². The molecule has 0 spiro atoms. The number of sulfonamides is 1. The number of anilines is 1. The molecule has 0 aliphatic heterocycles. The zero-order valence-corrected chi connectivity index (χ0v) is 16.6. The summed E-state index contributed by atoms with van der Waals surface area (Å²) in [7, 11) is -2.13. The molecule has 0 aromatic heterocycles. The number of nitrogens with one attached hydrogen (secondary N) is 1. The van der Waals surface area contributed by atoms with E-state index in [0.29, 0.717) is 23.8 Å². The Labute approximate surface area is 169 Å². The zero-order chi connectivity index (χ0) is 20.7. The van der Waals surface area contributed by atoms with Gasteiger partial charge in [-0.15, -0.1) is 0 Å². The predicted molar refractivity (Wildman–Crippen MR) is 113 cm³/mol. The van der Waals surface area contributed by atoms with Gasteiger partial charge in [0.2, 0.25) is 10.0 Å². The molecular formula is C21H21N3O4S. The predicted octanol–water partition coefficient (Wildman–Crippen LogP) is 3.37. The van der Waals surface area contributed by atoms with Crippen LogP contribution in [0.15, 0.2) is 82.8 Å². The Balaban J connectivity index is 1.63. The molecule has 7 nitrogen and oxygen atoms in total. The number of nitrogens with two attached hydrogens (primary N) is 1. The summed E-state index contributed by atoms with van der Waals surface area (Å²) in [6.07, 6.45) is 1.62. The number of hydrogen-bond donors (Lipinski definition) is 2. The highest BCUT2D eigenvalue weighted by Gasteiger charge is 2.07. The number of hydrogen-bond acceptors (Lipinski definition) is 6. The molecule has 0 bridgehead atoms. The largest absolute Gasteiger partial charge is 0.493 e. The van der Waals surface area contributed by atoms with Gasteiger partial charge in [-0.3, -0.25) is 5.43 Å². The topological polar surface area (TPSA) is 103 Å². The van der Waals surface area contributed by atoms with Gasteiger partial charge in [0.25, 0.3) is 0 Å². The van der Waals surface area contributed by atoms with Crippen LogP contribution in [0.5, 0.6) is 11.5 Å². The molecular weight excluding hydrogens is 390 g/mol. The van der Waals surface area contributed by atoms with Crippen LogP contribution in [0.25, 0.3) is 0 Å². The third-order valence-electron chi connectivity index (χ3n) is 4.01. The third-order valence-corrected chi connectivity index (χ3v) is 4.94. The van der Waals surface area contributed by atoms with E-state index in [4.69, 9.17) is 14.6 Å². The Morgan fingerprint density at radius 2 is 1.72 bits per heavy atom. The van der Waals surface area contributed by atoms with Crippen LogP contribution in [-0.4, -0.2) is 21.7 Å². The minimum Gasteiger partial charge on any atom is -0.493 e. The second kappa shape index (κ2) is 9.22. The summed E-state index contributed by atoms with van der Waals surface area (Å²) in [4.78, 5) is 0.0443. The molecule has 3 aromatic carbocycles. The van der Waals surface area contributed by atoms with Crippen LogP contribution >= 0.6 is 0 Å². The quantitative estimate of drug-likeness (QED) is 0.437. The first-order valence-electron chi connectivity index (χ1n) is 8.72. The lowest BCUT2D eigenvalue weighted by Crippen LogP contribution is -2.11. The summed E-state index contributed by atoms with van der Waals surface area (Å²) >= 11 is 0. The van der Waals surface area contributed by atoms with Gasteiger partial charge in [-0.25, -0.2) is 13.6 Å². The average Bonchev–Trinajstić information content (AvgIpc) is 2.73. The van der Waals surface area contributed by atoms with Crippen molar-refractivity contribution in [3.63, 3.8) is 0 Å². The Morgan fingerprint density at radius 1 is 1.00 bits per heavy atom. The first-order valence-corrected chi connectivity index (χ1v) is 10.3. The molecule has 0 amide bonds. The normalized spacial score (nSPS) is 11.4. The molecule has 3 aromatic rings. The van der Waals surface area contributed by atoms with Crippen LogP contribution < -0.4 is 20.0 Å². The maximum Gasteiger partial charge on any atom is 0.238 e. The lowest BCUT2D eigenvalue weighted by atomic mass is 10.2. The molecule has 29 heavy (non-hydrogen) atoms.